The second kappa shape index (κ2) is 5.88. The lowest BCUT2D eigenvalue weighted by Gasteiger charge is -2.40. The predicted molar refractivity (Wildman–Crippen MR) is 75.6 cm³/mol. The standard InChI is InChI=1S/C15H24N2O2/c1-11-8-17-13(12(2)14(11)18-3)9-16-10-15(19-4)6-5-7-15/h8,16H,5-7,9-10H2,1-4H3. The number of nitrogens with one attached hydrogen (secondary N) is 1. The van der Waals surface area contributed by atoms with Gasteiger partial charge >= 0.3 is 0 Å². The van der Waals surface area contributed by atoms with Gasteiger partial charge in [-0.1, -0.05) is 0 Å². The van der Waals surface area contributed by atoms with Crippen molar-refractivity contribution in [3.8, 4) is 5.75 Å². The molecule has 0 aromatic carbocycles. The topological polar surface area (TPSA) is 43.4 Å². The average Bonchev–Trinajstić information content (AvgIpc) is 2.36. The molecule has 1 heterocycles. The van der Waals surface area contributed by atoms with Crippen molar-refractivity contribution in [1.82, 2.24) is 10.3 Å². The van der Waals surface area contributed by atoms with Gasteiger partial charge < -0.3 is 14.8 Å². The molecule has 4 nitrogen and oxygen atoms in total. The second-order valence-corrected chi connectivity index (χ2v) is 5.39. The van der Waals surface area contributed by atoms with Crippen LogP contribution < -0.4 is 10.1 Å². The SMILES string of the molecule is COc1c(C)cnc(CNCC2(OC)CCC2)c1C. The summed E-state index contributed by atoms with van der Waals surface area (Å²) in [6.07, 6.45) is 5.45. The fourth-order valence-electron chi connectivity index (χ4n) is 2.68. The Balaban J connectivity index is 1.96. The van der Waals surface area contributed by atoms with Gasteiger partial charge in [0, 0.05) is 37.5 Å². The van der Waals surface area contributed by atoms with E-state index in [9.17, 15) is 0 Å². The lowest BCUT2D eigenvalue weighted by molar-refractivity contribution is -0.0695. The highest BCUT2D eigenvalue weighted by atomic mass is 16.5. The maximum atomic E-state index is 5.60. The molecule has 4 heteroatoms. The summed E-state index contributed by atoms with van der Waals surface area (Å²) in [6, 6.07) is 0. The zero-order valence-corrected chi connectivity index (χ0v) is 12.4. The molecule has 0 saturated heterocycles. The molecule has 0 spiro atoms. The summed E-state index contributed by atoms with van der Waals surface area (Å²) in [5, 5.41) is 3.46. The Labute approximate surface area is 115 Å². The number of ether oxygens (including phenoxy) is 2. The van der Waals surface area contributed by atoms with Crippen molar-refractivity contribution < 1.29 is 9.47 Å². The van der Waals surface area contributed by atoms with Crippen LogP contribution in [0.1, 0.15) is 36.1 Å². The Morgan fingerprint density at radius 2 is 2.05 bits per heavy atom. The number of hydrogen-bond acceptors (Lipinski definition) is 4. The molecule has 1 saturated carbocycles. The lowest BCUT2D eigenvalue weighted by Crippen LogP contribution is -2.47. The van der Waals surface area contributed by atoms with Gasteiger partial charge in [-0.25, -0.2) is 0 Å². The normalized spacial score (nSPS) is 17.1. The number of hydrogen-bond donors (Lipinski definition) is 1. The molecule has 0 aliphatic heterocycles. The first-order chi connectivity index (χ1) is 9.12. The van der Waals surface area contributed by atoms with Crippen molar-refractivity contribution in [1.29, 1.82) is 0 Å². The maximum Gasteiger partial charge on any atom is 0.128 e. The van der Waals surface area contributed by atoms with E-state index >= 15 is 0 Å². The molecule has 19 heavy (non-hydrogen) atoms. The van der Waals surface area contributed by atoms with E-state index < -0.39 is 0 Å². The molecule has 1 aromatic heterocycles. The number of pyridine rings is 1. The molecular weight excluding hydrogens is 240 g/mol. The highest BCUT2D eigenvalue weighted by molar-refractivity contribution is 5.40. The summed E-state index contributed by atoms with van der Waals surface area (Å²) in [5.41, 5.74) is 3.31. The van der Waals surface area contributed by atoms with Crippen LogP contribution in [0.5, 0.6) is 5.75 Å². The number of methoxy groups -OCH3 is 2. The Morgan fingerprint density at radius 3 is 2.58 bits per heavy atom. The van der Waals surface area contributed by atoms with Crippen LogP contribution in [0.2, 0.25) is 0 Å². The van der Waals surface area contributed by atoms with Gasteiger partial charge in [0.05, 0.1) is 18.4 Å². The summed E-state index contributed by atoms with van der Waals surface area (Å²) < 4.78 is 11.0. The van der Waals surface area contributed by atoms with E-state index in [1.807, 2.05) is 13.1 Å². The van der Waals surface area contributed by atoms with E-state index in [2.05, 4.69) is 17.2 Å². The molecule has 106 valence electrons. The number of aryl methyl sites for hydroxylation is 1. The molecule has 1 N–H and O–H groups in total. The molecule has 0 atom stereocenters. The van der Waals surface area contributed by atoms with Crippen molar-refractivity contribution >= 4 is 0 Å². The van der Waals surface area contributed by atoms with Crippen LogP contribution in [0.15, 0.2) is 6.20 Å². The Hall–Kier alpha value is -1.13. The van der Waals surface area contributed by atoms with Gasteiger partial charge in [-0.3, -0.25) is 4.98 Å². The van der Waals surface area contributed by atoms with Gasteiger partial charge in [-0.2, -0.15) is 0 Å². The van der Waals surface area contributed by atoms with Crippen LogP contribution in [0.4, 0.5) is 0 Å². The van der Waals surface area contributed by atoms with Crippen molar-refractivity contribution in [2.24, 2.45) is 0 Å². The molecule has 0 amide bonds. The molecule has 2 rings (SSSR count). The fourth-order valence-corrected chi connectivity index (χ4v) is 2.68. The van der Waals surface area contributed by atoms with E-state index in [1.165, 1.54) is 6.42 Å². The largest absolute Gasteiger partial charge is 0.496 e. The molecule has 0 unspecified atom stereocenters. The van der Waals surface area contributed by atoms with Crippen LogP contribution >= 0.6 is 0 Å². The predicted octanol–water partition coefficient (Wildman–Crippen LogP) is 2.37. The van der Waals surface area contributed by atoms with Crippen LogP contribution in [-0.4, -0.2) is 31.3 Å². The molecule has 1 aliphatic rings. The fraction of sp³-hybridized carbons (Fsp3) is 0.667. The van der Waals surface area contributed by atoms with Crippen LogP contribution in [0.25, 0.3) is 0 Å². The minimum Gasteiger partial charge on any atom is -0.496 e. The maximum absolute atomic E-state index is 5.60. The van der Waals surface area contributed by atoms with Gasteiger partial charge in [-0.15, -0.1) is 0 Å². The van der Waals surface area contributed by atoms with E-state index in [0.29, 0.717) is 0 Å². The third-order valence-electron chi connectivity index (χ3n) is 4.19. The lowest BCUT2D eigenvalue weighted by atomic mass is 9.80. The molecule has 1 fully saturated rings. The Morgan fingerprint density at radius 1 is 1.32 bits per heavy atom. The third kappa shape index (κ3) is 2.90. The third-order valence-corrected chi connectivity index (χ3v) is 4.19. The van der Waals surface area contributed by atoms with Crippen molar-refractivity contribution in [3.05, 3.63) is 23.0 Å². The zero-order chi connectivity index (χ0) is 13.9. The monoisotopic (exact) mass is 264 g/mol. The second-order valence-electron chi connectivity index (χ2n) is 5.39. The van der Waals surface area contributed by atoms with Gasteiger partial charge in [0.2, 0.25) is 0 Å². The van der Waals surface area contributed by atoms with Gasteiger partial charge in [0.1, 0.15) is 5.75 Å². The molecule has 1 aliphatic carbocycles. The summed E-state index contributed by atoms with van der Waals surface area (Å²) >= 11 is 0. The van der Waals surface area contributed by atoms with Crippen molar-refractivity contribution in [3.63, 3.8) is 0 Å². The van der Waals surface area contributed by atoms with E-state index in [0.717, 1.165) is 48.5 Å². The van der Waals surface area contributed by atoms with E-state index in [1.54, 1.807) is 14.2 Å². The highest BCUT2D eigenvalue weighted by Gasteiger charge is 2.36. The highest BCUT2D eigenvalue weighted by Crippen LogP contribution is 2.34. The van der Waals surface area contributed by atoms with Crippen molar-refractivity contribution in [2.75, 3.05) is 20.8 Å². The first-order valence-corrected chi connectivity index (χ1v) is 6.87. The Bertz CT molecular complexity index is 437. The molecule has 0 radical (unpaired) electrons. The van der Waals surface area contributed by atoms with Crippen molar-refractivity contribution in [2.45, 2.75) is 45.3 Å². The van der Waals surface area contributed by atoms with Gasteiger partial charge in [-0.05, 0) is 33.1 Å². The first kappa shape index (κ1) is 14.3. The summed E-state index contributed by atoms with van der Waals surface area (Å²) in [6.45, 7) is 5.73. The average molecular weight is 264 g/mol. The Kier molecular flexibility index (Phi) is 4.42. The summed E-state index contributed by atoms with van der Waals surface area (Å²) in [5.74, 6) is 0.942. The van der Waals surface area contributed by atoms with Gasteiger partial charge in [0.25, 0.3) is 0 Å². The molecule has 1 aromatic rings. The minimum atomic E-state index is 0.0582. The minimum absolute atomic E-state index is 0.0582. The number of aromatic nitrogens is 1. The molecule has 0 bridgehead atoms. The number of rotatable bonds is 6. The van der Waals surface area contributed by atoms with E-state index in [4.69, 9.17) is 9.47 Å². The van der Waals surface area contributed by atoms with Crippen LogP contribution in [0, 0.1) is 13.8 Å². The quantitative estimate of drug-likeness (QED) is 0.856. The summed E-state index contributed by atoms with van der Waals surface area (Å²) in [4.78, 5) is 4.49. The molecular formula is C15H24N2O2. The summed E-state index contributed by atoms with van der Waals surface area (Å²) in [7, 11) is 3.51. The zero-order valence-electron chi connectivity index (χ0n) is 12.4. The van der Waals surface area contributed by atoms with Crippen LogP contribution in [-0.2, 0) is 11.3 Å². The van der Waals surface area contributed by atoms with E-state index in [-0.39, 0.29) is 5.60 Å². The van der Waals surface area contributed by atoms with Crippen LogP contribution in [0.3, 0.4) is 0 Å². The first-order valence-electron chi connectivity index (χ1n) is 6.87. The number of nitrogens with zero attached hydrogens (tertiary/aromatic N) is 1. The van der Waals surface area contributed by atoms with Gasteiger partial charge in [0.15, 0.2) is 0 Å². The smallest absolute Gasteiger partial charge is 0.128 e.